The molecule has 52 heavy (non-hydrogen) atoms. The molecule has 2 N–H and O–H groups in total. The number of aromatic nitrogens is 4. The van der Waals surface area contributed by atoms with Gasteiger partial charge < -0.3 is 20.1 Å². The topological polar surface area (TPSA) is 106 Å². The third-order valence-electron chi connectivity index (χ3n) is 8.39. The van der Waals surface area contributed by atoms with E-state index < -0.39 is 5.54 Å². The number of benzene rings is 4. The lowest BCUT2D eigenvalue weighted by atomic mass is 9.75. The van der Waals surface area contributed by atoms with Gasteiger partial charge in [-0.1, -0.05) is 135 Å². The number of aldehydes is 1. The summed E-state index contributed by atoms with van der Waals surface area (Å²) in [5, 5.41) is 5.86. The number of ether oxygens (including phenoxy) is 2. The first-order chi connectivity index (χ1) is 25.6. The standard InChI is InChI=1S/C31H32N6O2.C7H6O.C2H7N.C2H6/c1-32-29-28-30(34-21-33-29)37(22-35-28)27-19-36(18-26(39-27)20-38-2)31(23-12-6-3-7-13-23,24-14-8-4-9-15-24)25-16-10-5-11-17-25;8-6-7-4-2-1-3-5-7;1-3-2;1-2/h3-17,21-22,26-27H,18-20H2,1-2H3,(H,32,33,34);1-6H;3H,1-2H3;1-2H3/t26-,27+;;;/m0.../s1. The smallest absolute Gasteiger partial charge is 0.167 e. The maximum atomic E-state index is 10.0. The molecule has 0 radical (unpaired) electrons. The fraction of sp³-hybridized carbons (Fsp3) is 0.286. The normalized spacial score (nSPS) is 15.5. The van der Waals surface area contributed by atoms with E-state index in [-0.39, 0.29) is 12.3 Å². The first-order valence-electron chi connectivity index (χ1n) is 17.6. The van der Waals surface area contributed by atoms with E-state index in [0.29, 0.717) is 31.0 Å². The maximum absolute atomic E-state index is 10.0. The molecule has 10 nitrogen and oxygen atoms in total. The average molecular weight is 702 g/mol. The van der Waals surface area contributed by atoms with Crippen molar-refractivity contribution in [2.24, 2.45) is 0 Å². The van der Waals surface area contributed by atoms with E-state index in [1.807, 2.05) is 57.8 Å². The lowest BCUT2D eigenvalue weighted by molar-refractivity contribution is -0.151. The van der Waals surface area contributed by atoms with E-state index in [9.17, 15) is 4.79 Å². The van der Waals surface area contributed by atoms with E-state index in [1.165, 1.54) is 16.7 Å². The van der Waals surface area contributed by atoms with Crippen molar-refractivity contribution >= 4 is 23.3 Å². The fourth-order valence-electron chi connectivity index (χ4n) is 6.39. The quantitative estimate of drug-likeness (QED) is 0.121. The zero-order chi connectivity index (χ0) is 37.2. The first-order valence-corrected chi connectivity index (χ1v) is 17.6. The van der Waals surface area contributed by atoms with E-state index >= 15 is 0 Å². The molecule has 1 fully saturated rings. The van der Waals surface area contributed by atoms with Crippen LogP contribution >= 0.6 is 0 Å². The molecular formula is C42H51N7O3. The lowest BCUT2D eigenvalue weighted by Crippen LogP contribution is -2.57. The minimum atomic E-state index is -0.570. The molecule has 4 aromatic carbocycles. The van der Waals surface area contributed by atoms with E-state index in [1.54, 1.807) is 31.9 Å². The van der Waals surface area contributed by atoms with Crippen LogP contribution < -0.4 is 10.6 Å². The van der Waals surface area contributed by atoms with E-state index in [0.717, 1.165) is 17.5 Å². The zero-order valence-corrected chi connectivity index (χ0v) is 31.0. The molecule has 0 aliphatic carbocycles. The van der Waals surface area contributed by atoms with E-state index in [4.69, 9.17) is 9.47 Å². The molecule has 0 unspecified atom stereocenters. The summed E-state index contributed by atoms with van der Waals surface area (Å²) in [6.45, 7) is 5.74. The molecule has 0 bridgehead atoms. The molecular weight excluding hydrogens is 651 g/mol. The first kappa shape index (κ1) is 39.5. The minimum Gasteiger partial charge on any atom is -0.382 e. The predicted octanol–water partition coefficient (Wildman–Crippen LogP) is 7.07. The summed E-state index contributed by atoms with van der Waals surface area (Å²) in [5.74, 6) is 0.687. The van der Waals surface area contributed by atoms with Gasteiger partial charge in [-0.3, -0.25) is 14.3 Å². The number of fused-ring (bicyclic) bond motifs is 1. The number of rotatable bonds is 9. The van der Waals surface area contributed by atoms with Crippen LogP contribution in [0.2, 0.25) is 0 Å². The summed E-state index contributed by atoms with van der Waals surface area (Å²) in [4.78, 5) is 26.1. The second kappa shape index (κ2) is 20.6. The van der Waals surface area contributed by atoms with Gasteiger partial charge in [0.05, 0.1) is 24.6 Å². The molecule has 2 aromatic heterocycles. The molecule has 272 valence electrons. The van der Waals surface area contributed by atoms with Crippen molar-refractivity contribution in [2.75, 3.05) is 53.3 Å². The zero-order valence-electron chi connectivity index (χ0n) is 31.0. The molecule has 0 amide bonds. The highest BCUT2D eigenvalue weighted by molar-refractivity contribution is 5.82. The van der Waals surface area contributed by atoms with Gasteiger partial charge >= 0.3 is 0 Å². The highest BCUT2D eigenvalue weighted by Gasteiger charge is 2.46. The van der Waals surface area contributed by atoms with Gasteiger partial charge in [-0.25, -0.2) is 15.0 Å². The Balaban J connectivity index is 0.000000399. The van der Waals surface area contributed by atoms with Crippen LogP contribution in [-0.4, -0.2) is 84.8 Å². The molecule has 2 atom stereocenters. The van der Waals surface area contributed by atoms with Crippen LogP contribution in [0.25, 0.3) is 11.2 Å². The molecule has 10 heteroatoms. The molecule has 0 saturated carbocycles. The van der Waals surface area contributed by atoms with Crippen molar-refractivity contribution in [1.29, 1.82) is 0 Å². The van der Waals surface area contributed by atoms with Gasteiger partial charge in [0, 0.05) is 32.8 Å². The number of carbonyl (C=O) groups is 1. The van der Waals surface area contributed by atoms with Crippen LogP contribution in [0.15, 0.2) is 134 Å². The number of anilines is 1. The van der Waals surface area contributed by atoms with Crippen LogP contribution in [0.1, 0.15) is 47.1 Å². The Bertz CT molecular complexity index is 1780. The predicted molar refractivity (Wildman–Crippen MR) is 210 cm³/mol. The van der Waals surface area contributed by atoms with Gasteiger partial charge in [0.2, 0.25) is 0 Å². The largest absolute Gasteiger partial charge is 0.382 e. The molecule has 1 saturated heterocycles. The number of hydrogen-bond acceptors (Lipinski definition) is 9. The van der Waals surface area contributed by atoms with Crippen LogP contribution in [0.5, 0.6) is 0 Å². The van der Waals surface area contributed by atoms with Crippen molar-refractivity contribution in [3.8, 4) is 0 Å². The van der Waals surface area contributed by atoms with Crippen LogP contribution in [-0.2, 0) is 15.0 Å². The Labute approximate surface area is 307 Å². The van der Waals surface area contributed by atoms with Gasteiger partial charge in [0.1, 0.15) is 24.4 Å². The number of morpholine rings is 1. The summed E-state index contributed by atoms with van der Waals surface area (Å²) >= 11 is 0. The van der Waals surface area contributed by atoms with Crippen LogP contribution in [0.4, 0.5) is 5.82 Å². The summed E-state index contributed by atoms with van der Waals surface area (Å²) in [7, 11) is 7.30. The number of methoxy groups -OCH3 is 1. The average Bonchev–Trinajstić information content (AvgIpc) is 3.66. The van der Waals surface area contributed by atoms with Gasteiger partial charge in [-0.2, -0.15) is 0 Å². The summed E-state index contributed by atoms with van der Waals surface area (Å²) in [6.07, 6.45) is 3.67. The van der Waals surface area contributed by atoms with Gasteiger partial charge in [-0.05, 0) is 30.8 Å². The number of carbonyl (C=O) groups excluding carboxylic acids is 1. The Kier molecular flexibility index (Phi) is 15.6. The van der Waals surface area contributed by atoms with Crippen molar-refractivity contribution in [2.45, 2.75) is 31.7 Å². The Morgan fingerprint density at radius 1 is 0.769 bits per heavy atom. The number of nitrogens with one attached hydrogen (secondary N) is 2. The SMILES string of the molecule is CC.CNC.CNc1ncnc2c1ncn2[C@H]1CN(C(c2ccccc2)(c2ccccc2)c2ccccc2)C[C@@H](COC)O1.O=Cc1ccccc1. The minimum absolute atomic E-state index is 0.174. The van der Waals surface area contributed by atoms with Crippen molar-refractivity contribution < 1.29 is 14.3 Å². The summed E-state index contributed by atoms with van der Waals surface area (Å²) in [5.41, 5.74) is 5.16. The molecule has 1 aliphatic heterocycles. The van der Waals surface area contributed by atoms with Crippen molar-refractivity contribution in [1.82, 2.24) is 29.7 Å². The molecule has 7 rings (SSSR count). The van der Waals surface area contributed by atoms with Gasteiger partial charge in [0.25, 0.3) is 0 Å². The number of imidazole rings is 1. The van der Waals surface area contributed by atoms with Crippen LogP contribution in [0, 0.1) is 0 Å². The Hall–Kier alpha value is -5.26. The fourth-order valence-corrected chi connectivity index (χ4v) is 6.39. The Morgan fingerprint density at radius 2 is 1.27 bits per heavy atom. The van der Waals surface area contributed by atoms with Gasteiger partial charge in [-0.15, -0.1) is 0 Å². The maximum Gasteiger partial charge on any atom is 0.167 e. The molecule has 3 heterocycles. The Morgan fingerprint density at radius 3 is 1.71 bits per heavy atom. The van der Waals surface area contributed by atoms with Gasteiger partial charge in [0.15, 0.2) is 11.5 Å². The number of hydrogen-bond donors (Lipinski definition) is 2. The monoisotopic (exact) mass is 701 g/mol. The second-order valence-corrected chi connectivity index (χ2v) is 11.7. The highest BCUT2D eigenvalue weighted by atomic mass is 16.5. The molecule has 1 aliphatic rings. The molecule has 6 aromatic rings. The van der Waals surface area contributed by atoms with Crippen molar-refractivity contribution in [3.05, 3.63) is 156 Å². The third kappa shape index (κ3) is 9.15. The van der Waals surface area contributed by atoms with Crippen LogP contribution in [0.3, 0.4) is 0 Å². The second-order valence-electron chi connectivity index (χ2n) is 11.7. The highest BCUT2D eigenvalue weighted by Crippen LogP contribution is 2.44. The third-order valence-corrected chi connectivity index (χ3v) is 8.39. The number of nitrogens with zero attached hydrogens (tertiary/aromatic N) is 5. The van der Waals surface area contributed by atoms with E-state index in [2.05, 4.69) is 121 Å². The summed E-state index contributed by atoms with van der Waals surface area (Å²) in [6, 6.07) is 41.3. The lowest BCUT2D eigenvalue weighted by Gasteiger charge is -2.50. The summed E-state index contributed by atoms with van der Waals surface area (Å²) < 4.78 is 14.3. The van der Waals surface area contributed by atoms with Crippen molar-refractivity contribution in [3.63, 3.8) is 0 Å². The molecule has 0 spiro atoms.